The van der Waals surface area contributed by atoms with Crippen LogP contribution in [0.25, 0.3) is 0 Å². The molecule has 0 unspecified atom stereocenters. The highest BCUT2D eigenvalue weighted by molar-refractivity contribution is 5.96. The van der Waals surface area contributed by atoms with Crippen molar-refractivity contribution in [1.82, 2.24) is 15.8 Å². The molecule has 0 saturated carbocycles. The smallest absolute Gasteiger partial charge is 0.305 e. The number of hydrogen-bond donors (Lipinski definition) is 2. The third-order valence-corrected chi connectivity index (χ3v) is 3.19. The lowest BCUT2D eigenvalue weighted by Gasteiger charge is -2.15. The Labute approximate surface area is 128 Å². The van der Waals surface area contributed by atoms with Crippen molar-refractivity contribution in [1.29, 1.82) is 0 Å². The molecule has 2 aromatic rings. The quantitative estimate of drug-likeness (QED) is 0.794. The highest BCUT2D eigenvalue weighted by Gasteiger charge is 2.14. The van der Waals surface area contributed by atoms with Gasteiger partial charge in [0.25, 0.3) is 0 Å². The van der Waals surface area contributed by atoms with Crippen LogP contribution in [-0.4, -0.2) is 29.8 Å². The molecule has 22 heavy (non-hydrogen) atoms. The van der Waals surface area contributed by atoms with Gasteiger partial charge in [-0.15, -0.1) is 0 Å². The first kappa shape index (κ1) is 15.8. The van der Waals surface area contributed by atoms with Gasteiger partial charge in [0.2, 0.25) is 0 Å². The van der Waals surface area contributed by atoms with Gasteiger partial charge in [-0.2, -0.15) is 0 Å². The lowest BCUT2D eigenvalue weighted by Crippen LogP contribution is -2.41. The zero-order valence-corrected chi connectivity index (χ0v) is 12.6. The van der Waals surface area contributed by atoms with E-state index in [0.717, 1.165) is 13.1 Å². The summed E-state index contributed by atoms with van der Waals surface area (Å²) in [5.41, 5.74) is 4.53. The number of hydrogen-bond acceptors (Lipinski definition) is 5. The van der Waals surface area contributed by atoms with Crippen molar-refractivity contribution in [3.05, 3.63) is 47.8 Å². The fourth-order valence-electron chi connectivity index (χ4n) is 1.90. The number of furan rings is 2. The number of carbonyl (C=O) groups is 2. The average Bonchev–Trinajstić information content (AvgIpc) is 3.21. The van der Waals surface area contributed by atoms with E-state index >= 15 is 0 Å². The van der Waals surface area contributed by atoms with Gasteiger partial charge in [-0.3, -0.25) is 25.3 Å². The molecule has 2 rings (SSSR count). The Balaban J connectivity index is 1.88. The molecule has 0 aliphatic heterocycles. The Morgan fingerprint density at radius 1 is 1.05 bits per heavy atom. The molecule has 0 fully saturated rings. The topological polar surface area (TPSA) is 87.7 Å². The maximum Gasteiger partial charge on any atom is 0.305 e. The fourth-order valence-corrected chi connectivity index (χ4v) is 1.90. The van der Waals surface area contributed by atoms with Crippen LogP contribution in [0, 0.1) is 0 Å². The number of hydrazine groups is 1. The van der Waals surface area contributed by atoms with Gasteiger partial charge in [-0.25, -0.2) is 0 Å². The Morgan fingerprint density at radius 2 is 1.73 bits per heavy atom. The first-order valence-electron chi connectivity index (χ1n) is 7.09. The predicted molar refractivity (Wildman–Crippen MR) is 79.0 cm³/mol. The zero-order valence-electron chi connectivity index (χ0n) is 12.6. The van der Waals surface area contributed by atoms with Crippen LogP contribution < -0.4 is 10.9 Å². The molecular formula is C15H19N3O4. The highest BCUT2D eigenvalue weighted by atomic mass is 16.4. The standard InChI is InChI=1S/C15H19N3O4/c1-3-18(4-2)10-11-7-8-13(22-11)15(20)17-16-14(19)12-6-5-9-21-12/h5-9H,3-4,10H2,1-2H3,(H,16,19)(H,17,20). The zero-order chi connectivity index (χ0) is 15.9. The molecule has 0 aliphatic rings. The number of amides is 2. The lowest BCUT2D eigenvalue weighted by atomic mass is 10.4. The van der Waals surface area contributed by atoms with E-state index in [-0.39, 0.29) is 11.5 Å². The summed E-state index contributed by atoms with van der Waals surface area (Å²) in [6.07, 6.45) is 1.38. The van der Waals surface area contributed by atoms with E-state index in [9.17, 15) is 9.59 Å². The largest absolute Gasteiger partial charge is 0.459 e. The highest BCUT2D eigenvalue weighted by Crippen LogP contribution is 2.10. The molecule has 0 saturated heterocycles. The van der Waals surface area contributed by atoms with Crippen molar-refractivity contribution in [2.75, 3.05) is 13.1 Å². The van der Waals surface area contributed by atoms with Crippen LogP contribution in [0.3, 0.4) is 0 Å². The summed E-state index contributed by atoms with van der Waals surface area (Å²) in [5, 5.41) is 0. The molecule has 0 radical (unpaired) electrons. The normalized spacial score (nSPS) is 10.7. The molecular weight excluding hydrogens is 286 g/mol. The van der Waals surface area contributed by atoms with E-state index in [1.165, 1.54) is 12.3 Å². The van der Waals surface area contributed by atoms with Gasteiger partial charge in [0, 0.05) is 0 Å². The van der Waals surface area contributed by atoms with Gasteiger partial charge in [0.15, 0.2) is 11.5 Å². The van der Waals surface area contributed by atoms with Crippen LogP contribution in [0.5, 0.6) is 0 Å². The van der Waals surface area contributed by atoms with E-state index in [1.54, 1.807) is 18.2 Å². The van der Waals surface area contributed by atoms with Crippen LogP contribution in [-0.2, 0) is 6.54 Å². The summed E-state index contributed by atoms with van der Waals surface area (Å²) in [5.74, 6) is -0.103. The maximum absolute atomic E-state index is 11.9. The van der Waals surface area contributed by atoms with Gasteiger partial charge >= 0.3 is 11.8 Å². The van der Waals surface area contributed by atoms with Crippen molar-refractivity contribution in [2.24, 2.45) is 0 Å². The van der Waals surface area contributed by atoms with Crippen molar-refractivity contribution in [2.45, 2.75) is 20.4 Å². The van der Waals surface area contributed by atoms with Crippen molar-refractivity contribution >= 4 is 11.8 Å². The monoisotopic (exact) mass is 305 g/mol. The molecule has 2 aromatic heterocycles. The van der Waals surface area contributed by atoms with Crippen LogP contribution in [0.1, 0.15) is 40.7 Å². The Kier molecular flexibility index (Phi) is 5.37. The van der Waals surface area contributed by atoms with E-state index in [4.69, 9.17) is 8.83 Å². The number of carbonyl (C=O) groups excluding carboxylic acids is 2. The molecule has 7 heteroatoms. The van der Waals surface area contributed by atoms with Crippen molar-refractivity contribution in [3.63, 3.8) is 0 Å². The molecule has 0 spiro atoms. The van der Waals surface area contributed by atoms with Crippen LogP contribution >= 0.6 is 0 Å². The summed E-state index contributed by atoms with van der Waals surface area (Å²) < 4.78 is 10.4. The maximum atomic E-state index is 11.9. The van der Waals surface area contributed by atoms with Crippen LogP contribution in [0.4, 0.5) is 0 Å². The summed E-state index contributed by atoms with van der Waals surface area (Å²) in [7, 11) is 0. The fraction of sp³-hybridized carbons (Fsp3) is 0.333. The first-order chi connectivity index (χ1) is 10.6. The third-order valence-electron chi connectivity index (χ3n) is 3.19. The van der Waals surface area contributed by atoms with E-state index in [2.05, 4.69) is 29.6 Å². The molecule has 2 amide bonds. The molecule has 118 valence electrons. The molecule has 2 heterocycles. The Morgan fingerprint density at radius 3 is 2.32 bits per heavy atom. The summed E-state index contributed by atoms with van der Waals surface area (Å²) >= 11 is 0. The molecule has 0 bridgehead atoms. The van der Waals surface area contributed by atoms with Crippen LogP contribution in [0.2, 0.25) is 0 Å². The Hall–Kier alpha value is -2.54. The second kappa shape index (κ2) is 7.46. The minimum absolute atomic E-state index is 0.113. The van der Waals surface area contributed by atoms with Crippen LogP contribution in [0.15, 0.2) is 39.4 Å². The average molecular weight is 305 g/mol. The van der Waals surface area contributed by atoms with Crippen molar-refractivity contribution in [3.8, 4) is 0 Å². The minimum Gasteiger partial charge on any atom is -0.459 e. The first-order valence-corrected chi connectivity index (χ1v) is 7.09. The predicted octanol–water partition coefficient (Wildman–Crippen LogP) is 1.79. The second-order valence-corrected chi connectivity index (χ2v) is 4.61. The number of nitrogens with zero attached hydrogens (tertiary/aromatic N) is 1. The lowest BCUT2D eigenvalue weighted by molar-refractivity contribution is 0.0815. The molecule has 7 nitrogen and oxygen atoms in total. The van der Waals surface area contributed by atoms with E-state index in [1.807, 2.05) is 0 Å². The second-order valence-electron chi connectivity index (χ2n) is 4.61. The van der Waals surface area contributed by atoms with Gasteiger partial charge in [0.1, 0.15) is 5.76 Å². The number of nitrogens with one attached hydrogen (secondary N) is 2. The molecule has 0 aromatic carbocycles. The van der Waals surface area contributed by atoms with Crippen molar-refractivity contribution < 1.29 is 18.4 Å². The Bertz CT molecular complexity index is 615. The SMILES string of the molecule is CCN(CC)Cc1ccc(C(=O)NNC(=O)c2ccco2)o1. The molecule has 0 aliphatic carbocycles. The van der Waals surface area contributed by atoms with Gasteiger partial charge in [-0.05, 0) is 37.4 Å². The molecule has 2 N–H and O–H groups in total. The summed E-state index contributed by atoms with van der Waals surface area (Å²) in [6.45, 7) is 6.56. The number of rotatable bonds is 6. The third kappa shape index (κ3) is 3.98. The van der Waals surface area contributed by atoms with E-state index < -0.39 is 11.8 Å². The summed E-state index contributed by atoms with van der Waals surface area (Å²) in [6, 6.07) is 6.41. The molecule has 0 atom stereocenters. The van der Waals surface area contributed by atoms with Gasteiger partial charge < -0.3 is 8.83 Å². The minimum atomic E-state index is -0.534. The van der Waals surface area contributed by atoms with Gasteiger partial charge in [0.05, 0.1) is 12.8 Å². The van der Waals surface area contributed by atoms with E-state index in [0.29, 0.717) is 12.3 Å². The van der Waals surface area contributed by atoms with Gasteiger partial charge in [-0.1, -0.05) is 13.8 Å². The summed E-state index contributed by atoms with van der Waals surface area (Å²) in [4.78, 5) is 25.7.